The third-order valence-corrected chi connectivity index (χ3v) is 2.58. The van der Waals surface area contributed by atoms with Crippen molar-refractivity contribution in [3.63, 3.8) is 0 Å². The molecule has 3 nitrogen and oxygen atoms in total. The maximum Gasteiger partial charge on any atom is 0.416 e. The van der Waals surface area contributed by atoms with E-state index in [0.717, 1.165) is 17.0 Å². The number of alkyl halides is 3. The molecule has 18 heavy (non-hydrogen) atoms. The summed E-state index contributed by atoms with van der Waals surface area (Å²) in [6, 6.07) is 2.20. The number of cyclic esters (lactones) is 1. The van der Waals surface area contributed by atoms with Gasteiger partial charge in [-0.3, -0.25) is 0 Å². The molecule has 1 amide bonds. The van der Waals surface area contributed by atoms with Crippen LogP contribution in [0.15, 0.2) is 18.2 Å². The van der Waals surface area contributed by atoms with Gasteiger partial charge in [-0.1, -0.05) is 0 Å². The molecule has 1 aromatic rings. The Hall–Kier alpha value is -1.79. The Bertz CT molecular complexity index is 473. The second-order valence-corrected chi connectivity index (χ2v) is 3.84. The molecule has 0 spiro atoms. The summed E-state index contributed by atoms with van der Waals surface area (Å²) in [5.41, 5.74) is -1.22. The second kappa shape index (κ2) is 4.47. The van der Waals surface area contributed by atoms with Gasteiger partial charge in [-0.15, -0.1) is 0 Å². The zero-order valence-corrected chi connectivity index (χ0v) is 9.13. The van der Waals surface area contributed by atoms with Crippen LogP contribution in [0.5, 0.6) is 0 Å². The lowest BCUT2D eigenvalue weighted by Gasteiger charge is -2.17. The van der Waals surface area contributed by atoms with Gasteiger partial charge in [0.1, 0.15) is 12.4 Å². The van der Waals surface area contributed by atoms with E-state index in [1.807, 2.05) is 0 Å². The third-order valence-electron chi connectivity index (χ3n) is 2.58. The van der Waals surface area contributed by atoms with Gasteiger partial charge in [-0.05, 0) is 23.8 Å². The molecule has 0 radical (unpaired) electrons. The van der Waals surface area contributed by atoms with Crippen molar-refractivity contribution in [3.05, 3.63) is 35.1 Å². The lowest BCUT2D eigenvalue weighted by atomic mass is 10.1. The summed E-state index contributed by atoms with van der Waals surface area (Å²) in [6.45, 7) is 0.0214. The van der Waals surface area contributed by atoms with E-state index in [1.165, 1.54) is 0 Å². The molecule has 0 aromatic heterocycles. The highest BCUT2D eigenvalue weighted by molar-refractivity contribution is 5.69. The molecular weight excluding hydrogens is 254 g/mol. The molecule has 0 N–H and O–H groups in total. The monoisotopic (exact) mass is 263 g/mol. The first kappa shape index (κ1) is 12.7. The molecule has 1 fully saturated rings. The van der Waals surface area contributed by atoms with Crippen LogP contribution in [0.3, 0.4) is 0 Å². The van der Waals surface area contributed by atoms with Crippen LogP contribution in [0.1, 0.15) is 11.1 Å². The van der Waals surface area contributed by atoms with Gasteiger partial charge < -0.3 is 9.64 Å². The van der Waals surface area contributed by atoms with Crippen LogP contribution < -0.4 is 0 Å². The van der Waals surface area contributed by atoms with Crippen molar-refractivity contribution in [2.24, 2.45) is 0 Å². The number of nitrogens with zero attached hydrogens (tertiary/aromatic N) is 1. The number of hydrogen-bond donors (Lipinski definition) is 0. The minimum absolute atomic E-state index is 0.134. The summed E-state index contributed by atoms with van der Waals surface area (Å²) in [6.07, 6.45) is -5.26. The Balaban J connectivity index is 2.30. The molecule has 0 bridgehead atoms. The first-order valence-electron chi connectivity index (χ1n) is 5.15. The maximum absolute atomic E-state index is 13.0. The number of amides is 1. The lowest BCUT2D eigenvalue weighted by Crippen LogP contribution is -2.25. The fraction of sp³-hybridized carbons (Fsp3) is 0.364. The van der Waals surface area contributed by atoms with Crippen molar-refractivity contribution in [1.29, 1.82) is 0 Å². The van der Waals surface area contributed by atoms with Gasteiger partial charge in [-0.2, -0.15) is 13.2 Å². The molecule has 1 aromatic carbocycles. The van der Waals surface area contributed by atoms with Crippen molar-refractivity contribution in [2.75, 3.05) is 13.2 Å². The predicted octanol–water partition coefficient (Wildman–Crippen LogP) is 2.80. The fourth-order valence-corrected chi connectivity index (χ4v) is 1.74. The summed E-state index contributed by atoms with van der Waals surface area (Å²) in [4.78, 5) is 12.3. The first-order valence-corrected chi connectivity index (χ1v) is 5.15. The molecule has 0 saturated carbocycles. The summed E-state index contributed by atoms with van der Waals surface area (Å²) < 4.78 is 55.7. The number of benzene rings is 1. The minimum Gasteiger partial charge on any atom is -0.448 e. The Morgan fingerprint density at radius 1 is 1.33 bits per heavy atom. The van der Waals surface area contributed by atoms with Crippen LogP contribution in [0.2, 0.25) is 0 Å². The number of rotatable bonds is 2. The zero-order valence-electron chi connectivity index (χ0n) is 9.13. The van der Waals surface area contributed by atoms with Crippen LogP contribution in [0, 0.1) is 5.82 Å². The molecule has 2 rings (SSSR count). The van der Waals surface area contributed by atoms with Gasteiger partial charge in [-0.25, -0.2) is 9.18 Å². The third kappa shape index (κ3) is 2.55. The van der Waals surface area contributed by atoms with E-state index < -0.39 is 23.7 Å². The Kier molecular flexibility index (Phi) is 3.14. The van der Waals surface area contributed by atoms with Crippen molar-refractivity contribution in [3.8, 4) is 0 Å². The van der Waals surface area contributed by atoms with Gasteiger partial charge in [0.25, 0.3) is 0 Å². The van der Waals surface area contributed by atoms with E-state index >= 15 is 0 Å². The number of halogens is 4. The predicted molar refractivity (Wildman–Crippen MR) is 53.2 cm³/mol. The van der Waals surface area contributed by atoms with Crippen molar-refractivity contribution >= 4 is 6.09 Å². The molecular formula is C11H9F4NO2. The summed E-state index contributed by atoms with van der Waals surface area (Å²) >= 11 is 0. The molecule has 7 heteroatoms. The molecule has 1 aliphatic rings. The quantitative estimate of drug-likeness (QED) is 0.768. The van der Waals surface area contributed by atoms with Crippen LogP contribution >= 0.6 is 0 Å². The molecule has 0 unspecified atom stereocenters. The zero-order chi connectivity index (χ0) is 13.3. The highest BCUT2D eigenvalue weighted by Crippen LogP contribution is 2.33. The second-order valence-electron chi connectivity index (χ2n) is 3.84. The minimum atomic E-state index is -4.58. The first-order chi connectivity index (χ1) is 8.38. The highest BCUT2D eigenvalue weighted by atomic mass is 19.4. The highest BCUT2D eigenvalue weighted by Gasteiger charge is 2.34. The number of carbonyl (C=O) groups is 1. The van der Waals surface area contributed by atoms with Crippen LogP contribution in [0.25, 0.3) is 0 Å². The molecule has 0 atom stereocenters. The standard InChI is InChI=1S/C11H9F4NO2/c12-8-1-2-9(11(13,14)15)7(5-8)6-16-3-4-18-10(16)17/h1-2,5H,3-4,6H2. The van der Waals surface area contributed by atoms with Crippen molar-refractivity contribution in [2.45, 2.75) is 12.7 Å². The summed E-state index contributed by atoms with van der Waals surface area (Å²) in [7, 11) is 0. The molecule has 0 aliphatic carbocycles. The summed E-state index contributed by atoms with van der Waals surface area (Å²) in [5, 5.41) is 0. The van der Waals surface area contributed by atoms with Crippen LogP contribution in [0.4, 0.5) is 22.4 Å². The molecule has 98 valence electrons. The smallest absolute Gasteiger partial charge is 0.416 e. The van der Waals surface area contributed by atoms with Crippen LogP contribution in [-0.4, -0.2) is 24.1 Å². The number of carbonyl (C=O) groups excluding carboxylic acids is 1. The SMILES string of the molecule is O=C1OCCN1Cc1cc(F)ccc1C(F)(F)F. The van der Waals surface area contributed by atoms with Gasteiger partial charge >= 0.3 is 12.3 Å². The number of hydrogen-bond acceptors (Lipinski definition) is 2. The normalized spacial score (nSPS) is 16.0. The average molecular weight is 263 g/mol. The Labute approximate surface area is 99.9 Å². The van der Waals surface area contributed by atoms with Gasteiger partial charge in [0, 0.05) is 6.54 Å². The molecule has 1 aliphatic heterocycles. The van der Waals surface area contributed by atoms with E-state index in [4.69, 9.17) is 0 Å². The fourth-order valence-electron chi connectivity index (χ4n) is 1.74. The van der Waals surface area contributed by atoms with Gasteiger partial charge in [0.2, 0.25) is 0 Å². The Morgan fingerprint density at radius 2 is 2.06 bits per heavy atom. The van der Waals surface area contributed by atoms with Crippen molar-refractivity contribution < 1.29 is 27.1 Å². The molecule has 1 heterocycles. The van der Waals surface area contributed by atoms with Gasteiger partial charge in [0.15, 0.2) is 0 Å². The van der Waals surface area contributed by atoms with E-state index in [2.05, 4.69) is 4.74 Å². The van der Waals surface area contributed by atoms with E-state index in [9.17, 15) is 22.4 Å². The maximum atomic E-state index is 13.0. The van der Waals surface area contributed by atoms with E-state index in [-0.39, 0.29) is 25.3 Å². The van der Waals surface area contributed by atoms with Gasteiger partial charge in [0.05, 0.1) is 12.1 Å². The number of ether oxygens (including phenoxy) is 1. The Morgan fingerprint density at radius 3 is 2.61 bits per heavy atom. The topological polar surface area (TPSA) is 29.5 Å². The average Bonchev–Trinajstić information content (AvgIpc) is 2.62. The lowest BCUT2D eigenvalue weighted by molar-refractivity contribution is -0.138. The summed E-state index contributed by atoms with van der Waals surface area (Å²) in [5.74, 6) is -0.773. The molecule has 1 saturated heterocycles. The van der Waals surface area contributed by atoms with E-state index in [0.29, 0.717) is 6.07 Å². The van der Waals surface area contributed by atoms with E-state index in [1.54, 1.807) is 0 Å². The van der Waals surface area contributed by atoms with Crippen molar-refractivity contribution in [1.82, 2.24) is 4.90 Å². The largest absolute Gasteiger partial charge is 0.448 e. The van der Waals surface area contributed by atoms with Crippen LogP contribution in [-0.2, 0) is 17.5 Å².